The Balaban J connectivity index is 1.59. The summed E-state index contributed by atoms with van der Waals surface area (Å²) >= 11 is 0. The lowest BCUT2D eigenvalue weighted by Gasteiger charge is -2.12. The highest BCUT2D eigenvalue weighted by molar-refractivity contribution is 6.76. The highest BCUT2D eigenvalue weighted by atomic mass is 28.3. The Bertz CT molecular complexity index is 464. The third-order valence-corrected chi connectivity index (χ3v) is 5.65. The molecule has 1 saturated carbocycles. The minimum absolute atomic E-state index is 0.191. The highest BCUT2D eigenvalue weighted by Gasteiger charge is 2.41. The molecule has 22 heavy (non-hydrogen) atoms. The monoisotopic (exact) mass is 318 g/mol. The molecular weight excluding hydrogens is 288 g/mol. The van der Waals surface area contributed by atoms with Crippen LogP contribution >= 0.6 is 0 Å². The van der Waals surface area contributed by atoms with Gasteiger partial charge < -0.3 is 9.84 Å². The first kappa shape index (κ1) is 17.5. The predicted molar refractivity (Wildman–Crippen MR) is 95.6 cm³/mol. The summed E-state index contributed by atoms with van der Waals surface area (Å²) in [6.07, 6.45) is 6.15. The first-order valence-corrected chi connectivity index (χ1v) is 12.1. The van der Waals surface area contributed by atoms with E-state index in [1.165, 1.54) is 11.6 Å². The van der Waals surface area contributed by atoms with E-state index in [-0.39, 0.29) is 6.10 Å². The molecule has 2 rings (SSSR count). The Morgan fingerprint density at radius 2 is 1.95 bits per heavy atom. The van der Waals surface area contributed by atoms with Crippen molar-refractivity contribution in [2.45, 2.75) is 51.2 Å². The molecule has 3 atom stereocenters. The number of allylic oxidation sites excluding steroid dienone is 1. The fraction of sp³-hybridized carbons (Fsp3) is 0.579. The van der Waals surface area contributed by atoms with E-state index in [0.717, 1.165) is 19.4 Å². The molecule has 1 aliphatic rings. The van der Waals surface area contributed by atoms with E-state index in [4.69, 9.17) is 4.74 Å². The van der Waals surface area contributed by atoms with Gasteiger partial charge in [0.25, 0.3) is 0 Å². The van der Waals surface area contributed by atoms with Crippen molar-refractivity contribution in [1.29, 1.82) is 0 Å². The van der Waals surface area contributed by atoms with Gasteiger partial charge in [-0.15, -0.1) is 0 Å². The summed E-state index contributed by atoms with van der Waals surface area (Å²) in [6, 6.07) is 11.5. The Labute approximate surface area is 136 Å². The van der Waals surface area contributed by atoms with Crippen molar-refractivity contribution >= 4 is 8.07 Å². The molecule has 1 N–H and O–H groups in total. The zero-order valence-electron chi connectivity index (χ0n) is 14.2. The van der Waals surface area contributed by atoms with Crippen LogP contribution in [0.3, 0.4) is 0 Å². The van der Waals surface area contributed by atoms with Gasteiger partial charge in [-0.1, -0.05) is 62.1 Å². The van der Waals surface area contributed by atoms with Crippen molar-refractivity contribution in [1.82, 2.24) is 0 Å². The fourth-order valence-corrected chi connectivity index (χ4v) is 3.56. The normalized spacial score (nSPS) is 22.9. The summed E-state index contributed by atoms with van der Waals surface area (Å²) < 4.78 is 5.77. The van der Waals surface area contributed by atoms with Crippen molar-refractivity contribution in [2.75, 3.05) is 6.61 Å². The predicted octanol–water partition coefficient (Wildman–Crippen LogP) is 4.48. The Morgan fingerprint density at radius 1 is 1.23 bits per heavy atom. The molecule has 3 heteroatoms. The zero-order valence-corrected chi connectivity index (χ0v) is 15.2. The molecule has 0 bridgehead atoms. The molecule has 122 valence electrons. The molecule has 0 spiro atoms. The largest absolute Gasteiger partial charge is 0.393 e. The standard InChI is InChI=1S/C19H30O2Si/c1-22(2,3)12-8-7-11-19(20)18-13-17(18)15-21-14-16-9-5-4-6-10-16/h4-10,17-20H,11-15H2,1-3H3/b8-7-/t17-,18+,19+/m1/s1. The molecule has 0 aliphatic heterocycles. The van der Waals surface area contributed by atoms with Crippen molar-refractivity contribution in [3.63, 3.8) is 0 Å². The number of benzene rings is 1. The Hall–Kier alpha value is -0.903. The van der Waals surface area contributed by atoms with Gasteiger partial charge in [0.1, 0.15) is 0 Å². The highest BCUT2D eigenvalue weighted by Crippen LogP contribution is 2.42. The van der Waals surface area contributed by atoms with Crippen LogP contribution in [0.25, 0.3) is 0 Å². The average Bonchev–Trinajstić information content (AvgIpc) is 3.23. The summed E-state index contributed by atoms with van der Waals surface area (Å²) in [5.74, 6) is 0.983. The maximum atomic E-state index is 10.2. The van der Waals surface area contributed by atoms with Crippen LogP contribution in [0.15, 0.2) is 42.5 Å². The maximum absolute atomic E-state index is 10.2. The summed E-state index contributed by atoms with van der Waals surface area (Å²) in [4.78, 5) is 0. The van der Waals surface area contributed by atoms with Gasteiger partial charge in [-0.05, 0) is 36.3 Å². The maximum Gasteiger partial charge on any atom is 0.0717 e. The SMILES string of the molecule is C[Si](C)(C)C/C=C\C[C@H](O)[C@H]1C[C@@H]1COCc1ccccc1. The Morgan fingerprint density at radius 3 is 2.64 bits per heavy atom. The van der Waals surface area contributed by atoms with Crippen LogP contribution < -0.4 is 0 Å². The van der Waals surface area contributed by atoms with Crippen LogP contribution in [0.4, 0.5) is 0 Å². The molecule has 0 amide bonds. The lowest BCUT2D eigenvalue weighted by Crippen LogP contribution is -2.17. The number of aliphatic hydroxyl groups excluding tert-OH is 1. The molecule has 0 heterocycles. The third kappa shape index (κ3) is 6.47. The van der Waals surface area contributed by atoms with Gasteiger partial charge in [-0.2, -0.15) is 0 Å². The van der Waals surface area contributed by atoms with Gasteiger partial charge in [-0.3, -0.25) is 0 Å². The Kier molecular flexibility index (Phi) is 6.42. The van der Waals surface area contributed by atoms with Gasteiger partial charge in [0, 0.05) is 8.07 Å². The van der Waals surface area contributed by atoms with E-state index < -0.39 is 8.07 Å². The fourth-order valence-electron chi connectivity index (χ4n) is 2.68. The van der Waals surface area contributed by atoms with E-state index in [2.05, 4.69) is 43.9 Å². The minimum Gasteiger partial charge on any atom is -0.393 e. The van der Waals surface area contributed by atoms with Gasteiger partial charge >= 0.3 is 0 Å². The van der Waals surface area contributed by atoms with Crippen molar-refractivity contribution in [3.8, 4) is 0 Å². The summed E-state index contributed by atoms with van der Waals surface area (Å²) in [5.41, 5.74) is 1.22. The van der Waals surface area contributed by atoms with E-state index in [1.54, 1.807) is 0 Å². The lowest BCUT2D eigenvalue weighted by molar-refractivity contribution is 0.0908. The topological polar surface area (TPSA) is 29.5 Å². The van der Waals surface area contributed by atoms with Crippen LogP contribution in [-0.2, 0) is 11.3 Å². The first-order chi connectivity index (χ1) is 10.5. The van der Waals surface area contributed by atoms with Crippen molar-refractivity contribution in [3.05, 3.63) is 48.0 Å². The van der Waals surface area contributed by atoms with Crippen LogP contribution in [0, 0.1) is 11.8 Å². The summed E-state index contributed by atoms with van der Waals surface area (Å²) in [7, 11) is -0.993. The van der Waals surface area contributed by atoms with Crippen LogP contribution in [0.1, 0.15) is 18.4 Å². The van der Waals surface area contributed by atoms with E-state index in [1.807, 2.05) is 18.2 Å². The number of aliphatic hydroxyl groups is 1. The van der Waals surface area contributed by atoms with E-state index in [9.17, 15) is 5.11 Å². The van der Waals surface area contributed by atoms with Crippen molar-refractivity contribution < 1.29 is 9.84 Å². The molecular formula is C19H30O2Si. The number of rotatable bonds is 9. The zero-order chi connectivity index (χ0) is 16.0. The molecule has 2 nitrogen and oxygen atoms in total. The van der Waals surface area contributed by atoms with Gasteiger partial charge in [-0.25, -0.2) is 0 Å². The molecule has 0 saturated heterocycles. The second-order valence-corrected chi connectivity index (χ2v) is 13.2. The minimum atomic E-state index is -0.993. The first-order valence-electron chi connectivity index (χ1n) is 8.40. The number of ether oxygens (including phenoxy) is 1. The van der Waals surface area contributed by atoms with Crippen LogP contribution in [-0.4, -0.2) is 25.9 Å². The molecule has 0 unspecified atom stereocenters. The van der Waals surface area contributed by atoms with Crippen LogP contribution in [0.5, 0.6) is 0 Å². The summed E-state index contributed by atoms with van der Waals surface area (Å²) in [5, 5.41) is 10.2. The van der Waals surface area contributed by atoms with E-state index in [0.29, 0.717) is 18.4 Å². The quantitative estimate of drug-likeness (QED) is 0.537. The molecule has 0 aromatic heterocycles. The molecule has 1 aromatic rings. The molecule has 1 aliphatic carbocycles. The van der Waals surface area contributed by atoms with Gasteiger partial charge in [0.2, 0.25) is 0 Å². The summed E-state index contributed by atoms with van der Waals surface area (Å²) in [6.45, 7) is 8.56. The smallest absolute Gasteiger partial charge is 0.0717 e. The average molecular weight is 319 g/mol. The second kappa shape index (κ2) is 8.09. The second-order valence-electron chi connectivity index (χ2n) is 7.70. The van der Waals surface area contributed by atoms with Crippen molar-refractivity contribution in [2.24, 2.45) is 11.8 Å². The van der Waals surface area contributed by atoms with Crippen LogP contribution in [0.2, 0.25) is 25.7 Å². The molecule has 1 aromatic carbocycles. The number of hydrogen-bond donors (Lipinski definition) is 1. The molecule has 1 fully saturated rings. The lowest BCUT2D eigenvalue weighted by atomic mass is 10.1. The third-order valence-electron chi connectivity index (χ3n) is 4.19. The number of hydrogen-bond acceptors (Lipinski definition) is 2. The molecule has 0 radical (unpaired) electrons. The van der Waals surface area contributed by atoms with Gasteiger partial charge in [0.05, 0.1) is 19.3 Å². The van der Waals surface area contributed by atoms with Gasteiger partial charge in [0.15, 0.2) is 0 Å². The van der Waals surface area contributed by atoms with E-state index >= 15 is 0 Å².